The van der Waals surface area contributed by atoms with Crippen LogP contribution in [0.4, 0.5) is 0 Å². The van der Waals surface area contributed by atoms with Crippen molar-refractivity contribution in [3.05, 3.63) is 48.0 Å². The highest BCUT2D eigenvalue weighted by atomic mass is 16.5. The van der Waals surface area contributed by atoms with E-state index in [2.05, 4.69) is 29.2 Å². The predicted octanol–water partition coefficient (Wildman–Crippen LogP) is 2.47. The quantitative estimate of drug-likeness (QED) is 0.773. The van der Waals surface area contributed by atoms with Gasteiger partial charge in [0.2, 0.25) is 0 Å². The largest absolute Gasteiger partial charge is 0.387 e. The fraction of sp³-hybridized carbons (Fsp3) is 0.444. The summed E-state index contributed by atoms with van der Waals surface area (Å²) in [7, 11) is 3.38. The Balaban J connectivity index is 2.04. The first kappa shape index (κ1) is 16.9. The van der Waals surface area contributed by atoms with E-state index in [-0.39, 0.29) is 0 Å². The summed E-state index contributed by atoms with van der Waals surface area (Å²) in [5, 5.41) is 12.9. The first-order chi connectivity index (χ1) is 10.7. The summed E-state index contributed by atoms with van der Waals surface area (Å²) < 4.78 is 10.3. The van der Waals surface area contributed by atoms with Gasteiger partial charge in [0, 0.05) is 33.9 Å². The van der Waals surface area contributed by atoms with Crippen LogP contribution >= 0.6 is 0 Å². The summed E-state index contributed by atoms with van der Waals surface area (Å²) in [6.45, 7) is 3.43. The minimum atomic E-state index is -0.515. The molecule has 120 valence electrons. The highest BCUT2D eigenvalue weighted by molar-refractivity contribution is 5.83. The molecule has 0 saturated heterocycles. The maximum atomic E-state index is 10.5. The lowest BCUT2D eigenvalue weighted by Crippen LogP contribution is -2.34. The monoisotopic (exact) mass is 303 g/mol. The van der Waals surface area contributed by atoms with E-state index >= 15 is 0 Å². The average Bonchev–Trinajstić information content (AvgIpc) is 2.56. The van der Waals surface area contributed by atoms with Gasteiger partial charge in [-0.15, -0.1) is 0 Å². The first-order valence-electron chi connectivity index (χ1n) is 7.61. The number of aliphatic hydroxyl groups excluding tert-OH is 1. The Hall–Kier alpha value is -1.46. The Labute approximate surface area is 132 Å². The summed E-state index contributed by atoms with van der Waals surface area (Å²) in [6.07, 6.45) is -0.515. The van der Waals surface area contributed by atoms with Gasteiger partial charge in [0.1, 0.15) is 0 Å². The molecule has 0 saturated carbocycles. The van der Waals surface area contributed by atoms with Crippen molar-refractivity contribution >= 4 is 10.8 Å². The third-order valence-electron chi connectivity index (χ3n) is 3.81. The smallest absolute Gasteiger partial charge is 0.0917 e. The fourth-order valence-corrected chi connectivity index (χ4v) is 2.50. The molecule has 2 aromatic rings. The summed E-state index contributed by atoms with van der Waals surface area (Å²) in [6, 6.07) is 14.3. The van der Waals surface area contributed by atoms with E-state index in [0.717, 1.165) is 24.0 Å². The minimum absolute atomic E-state index is 0.515. The Bertz CT molecular complexity index is 565. The van der Waals surface area contributed by atoms with Crippen LogP contribution in [0, 0.1) is 0 Å². The molecular weight excluding hydrogens is 278 g/mol. The Kier molecular flexibility index (Phi) is 6.80. The number of aliphatic hydroxyl groups is 1. The van der Waals surface area contributed by atoms with E-state index in [1.54, 1.807) is 14.2 Å². The molecule has 0 spiro atoms. The molecule has 0 aliphatic carbocycles. The van der Waals surface area contributed by atoms with Gasteiger partial charge in [-0.25, -0.2) is 0 Å². The number of rotatable bonds is 9. The standard InChI is InChI=1S/C18H25NO3/c1-21-11-9-19(10-12-22-2)14-18(20)17-8-7-15-5-3-4-6-16(15)13-17/h3-8,13,18,20H,9-12,14H2,1-2H3. The van der Waals surface area contributed by atoms with Gasteiger partial charge in [0.05, 0.1) is 19.3 Å². The lowest BCUT2D eigenvalue weighted by molar-refractivity contribution is 0.0697. The summed E-state index contributed by atoms with van der Waals surface area (Å²) in [5.74, 6) is 0. The molecule has 4 heteroatoms. The molecule has 0 fully saturated rings. The molecule has 1 atom stereocenters. The lowest BCUT2D eigenvalue weighted by Gasteiger charge is -2.24. The second kappa shape index (κ2) is 8.86. The zero-order valence-corrected chi connectivity index (χ0v) is 13.4. The number of hydrogen-bond acceptors (Lipinski definition) is 4. The van der Waals surface area contributed by atoms with Crippen molar-refractivity contribution < 1.29 is 14.6 Å². The van der Waals surface area contributed by atoms with E-state index in [9.17, 15) is 5.11 Å². The average molecular weight is 303 g/mol. The number of benzene rings is 2. The third kappa shape index (κ3) is 4.78. The molecule has 0 aliphatic rings. The van der Waals surface area contributed by atoms with Crippen LogP contribution in [-0.4, -0.2) is 57.1 Å². The van der Waals surface area contributed by atoms with Crippen molar-refractivity contribution in [2.45, 2.75) is 6.10 Å². The van der Waals surface area contributed by atoms with E-state index in [1.807, 2.05) is 18.2 Å². The Morgan fingerprint density at radius 3 is 2.23 bits per heavy atom. The van der Waals surface area contributed by atoms with Crippen LogP contribution in [0.3, 0.4) is 0 Å². The molecule has 0 amide bonds. The third-order valence-corrected chi connectivity index (χ3v) is 3.81. The van der Waals surface area contributed by atoms with Crippen LogP contribution in [0.2, 0.25) is 0 Å². The topological polar surface area (TPSA) is 41.9 Å². The van der Waals surface area contributed by atoms with Gasteiger partial charge >= 0.3 is 0 Å². The van der Waals surface area contributed by atoms with Crippen LogP contribution < -0.4 is 0 Å². The minimum Gasteiger partial charge on any atom is -0.387 e. The summed E-state index contributed by atoms with van der Waals surface area (Å²) in [5.41, 5.74) is 0.943. The molecule has 1 N–H and O–H groups in total. The Morgan fingerprint density at radius 2 is 1.59 bits per heavy atom. The molecule has 2 aromatic carbocycles. The van der Waals surface area contributed by atoms with E-state index in [4.69, 9.17) is 9.47 Å². The molecular formula is C18H25NO3. The summed E-state index contributed by atoms with van der Waals surface area (Å²) in [4.78, 5) is 2.16. The van der Waals surface area contributed by atoms with Crippen LogP contribution in [0.25, 0.3) is 10.8 Å². The van der Waals surface area contributed by atoms with Crippen molar-refractivity contribution in [1.29, 1.82) is 0 Å². The van der Waals surface area contributed by atoms with Crippen LogP contribution in [0.15, 0.2) is 42.5 Å². The molecule has 0 aromatic heterocycles. The second-order valence-corrected chi connectivity index (χ2v) is 5.41. The van der Waals surface area contributed by atoms with E-state index < -0.39 is 6.10 Å². The van der Waals surface area contributed by atoms with Gasteiger partial charge in [0.15, 0.2) is 0 Å². The van der Waals surface area contributed by atoms with Gasteiger partial charge in [0.25, 0.3) is 0 Å². The second-order valence-electron chi connectivity index (χ2n) is 5.41. The number of methoxy groups -OCH3 is 2. The number of fused-ring (bicyclic) bond motifs is 1. The van der Waals surface area contributed by atoms with Crippen molar-refractivity contribution in [2.24, 2.45) is 0 Å². The molecule has 1 unspecified atom stereocenters. The molecule has 4 nitrogen and oxygen atoms in total. The van der Waals surface area contributed by atoms with E-state index in [0.29, 0.717) is 19.8 Å². The first-order valence-corrected chi connectivity index (χ1v) is 7.61. The highest BCUT2D eigenvalue weighted by Gasteiger charge is 2.14. The van der Waals surface area contributed by atoms with Crippen LogP contribution in [-0.2, 0) is 9.47 Å². The fourth-order valence-electron chi connectivity index (χ4n) is 2.50. The molecule has 0 aliphatic heterocycles. The van der Waals surface area contributed by atoms with Crippen molar-refractivity contribution in [1.82, 2.24) is 4.90 Å². The predicted molar refractivity (Wildman–Crippen MR) is 89.1 cm³/mol. The number of nitrogens with zero attached hydrogens (tertiary/aromatic N) is 1. The lowest BCUT2D eigenvalue weighted by atomic mass is 10.0. The Morgan fingerprint density at radius 1 is 0.955 bits per heavy atom. The van der Waals surface area contributed by atoms with Crippen molar-refractivity contribution in [3.8, 4) is 0 Å². The van der Waals surface area contributed by atoms with Crippen molar-refractivity contribution in [2.75, 3.05) is 47.1 Å². The SMILES string of the molecule is COCCN(CCOC)CC(O)c1ccc2ccccc2c1. The normalized spacial score (nSPS) is 12.9. The van der Waals surface area contributed by atoms with Crippen LogP contribution in [0.5, 0.6) is 0 Å². The molecule has 2 rings (SSSR count). The van der Waals surface area contributed by atoms with Gasteiger partial charge in [-0.2, -0.15) is 0 Å². The zero-order chi connectivity index (χ0) is 15.8. The number of hydrogen-bond donors (Lipinski definition) is 1. The van der Waals surface area contributed by atoms with Gasteiger partial charge in [-0.05, 0) is 22.4 Å². The zero-order valence-electron chi connectivity index (χ0n) is 13.4. The molecule has 0 bridgehead atoms. The van der Waals surface area contributed by atoms with Gasteiger partial charge in [-0.3, -0.25) is 4.90 Å². The molecule has 0 heterocycles. The molecule has 22 heavy (non-hydrogen) atoms. The van der Waals surface area contributed by atoms with Gasteiger partial charge in [-0.1, -0.05) is 36.4 Å². The highest BCUT2D eigenvalue weighted by Crippen LogP contribution is 2.21. The van der Waals surface area contributed by atoms with Crippen molar-refractivity contribution in [3.63, 3.8) is 0 Å². The summed E-state index contributed by atoms with van der Waals surface area (Å²) >= 11 is 0. The maximum Gasteiger partial charge on any atom is 0.0917 e. The number of ether oxygens (including phenoxy) is 2. The molecule has 0 radical (unpaired) electrons. The van der Waals surface area contributed by atoms with E-state index in [1.165, 1.54) is 5.39 Å². The maximum absolute atomic E-state index is 10.5. The van der Waals surface area contributed by atoms with Gasteiger partial charge < -0.3 is 14.6 Å². The van der Waals surface area contributed by atoms with Crippen LogP contribution in [0.1, 0.15) is 11.7 Å².